The number of carbonyl (C=O) groups is 1. The van der Waals surface area contributed by atoms with E-state index >= 15 is 0 Å². The molecule has 0 aliphatic rings. The number of carboxylic acid groups (broad SMARTS) is 1. The van der Waals surface area contributed by atoms with Crippen molar-refractivity contribution in [3.05, 3.63) is 12.7 Å². The molecule has 4 nitrogen and oxygen atoms in total. The van der Waals surface area contributed by atoms with Crippen molar-refractivity contribution in [2.24, 2.45) is 5.10 Å². The van der Waals surface area contributed by atoms with Crippen LogP contribution >= 0.6 is 0 Å². The van der Waals surface area contributed by atoms with Gasteiger partial charge in [-0.1, -0.05) is 6.08 Å². The summed E-state index contributed by atoms with van der Waals surface area (Å²) in [4.78, 5) is 9.90. The molecular weight excluding hydrogens is 156 g/mol. The SMILES string of the molecule is C=CCCCC/C=N/NC(=O)O. The summed E-state index contributed by atoms with van der Waals surface area (Å²) in [6.07, 6.45) is 6.19. The van der Waals surface area contributed by atoms with Crippen molar-refractivity contribution in [3.63, 3.8) is 0 Å². The van der Waals surface area contributed by atoms with Crippen LogP contribution in [0.25, 0.3) is 0 Å². The molecule has 0 saturated carbocycles. The number of hydrogen-bond donors (Lipinski definition) is 2. The smallest absolute Gasteiger partial charge is 0.425 e. The van der Waals surface area contributed by atoms with E-state index in [0.717, 1.165) is 25.7 Å². The summed E-state index contributed by atoms with van der Waals surface area (Å²) in [5.41, 5.74) is 1.90. The molecule has 0 aliphatic heterocycles. The highest BCUT2D eigenvalue weighted by Gasteiger charge is 1.86. The summed E-state index contributed by atoms with van der Waals surface area (Å²) in [7, 11) is 0. The Morgan fingerprint density at radius 3 is 2.75 bits per heavy atom. The maximum Gasteiger partial charge on any atom is 0.425 e. The summed E-state index contributed by atoms with van der Waals surface area (Å²) in [6, 6.07) is 0. The average molecular weight is 170 g/mol. The van der Waals surface area contributed by atoms with E-state index in [1.165, 1.54) is 0 Å². The minimum absolute atomic E-state index is 0.800. The lowest BCUT2D eigenvalue weighted by atomic mass is 10.2. The van der Waals surface area contributed by atoms with Gasteiger partial charge in [0.2, 0.25) is 0 Å². The van der Waals surface area contributed by atoms with Crippen LogP contribution in [0.15, 0.2) is 17.8 Å². The van der Waals surface area contributed by atoms with Gasteiger partial charge in [0.05, 0.1) is 0 Å². The largest absolute Gasteiger partial charge is 0.464 e. The van der Waals surface area contributed by atoms with E-state index in [4.69, 9.17) is 5.11 Å². The Kier molecular flexibility index (Phi) is 6.93. The lowest BCUT2D eigenvalue weighted by Gasteiger charge is -1.92. The zero-order valence-corrected chi connectivity index (χ0v) is 6.99. The summed E-state index contributed by atoms with van der Waals surface area (Å²) in [6.45, 7) is 3.59. The number of hydrogen-bond acceptors (Lipinski definition) is 2. The second-order valence-corrected chi connectivity index (χ2v) is 2.30. The van der Waals surface area contributed by atoms with E-state index in [9.17, 15) is 4.79 Å². The number of hydrazone groups is 1. The van der Waals surface area contributed by atoms with E-state index in [1.807, 2.05) is 11.5 Å². The molecule has 0 unspecified atom stereocenters. The summed E-state index contributed by atoms with van der Waals surface area (Å²) >= 11 is 0. The van der Waals surface area contributed by atoms with Crippen LogP contribution in [-0.2, 0) is 0 Å². The van der Waals surface area contributed by atoms with E-state index in [2.05, 4.69) is 11.7 Å². The van der Waals surface area contributed by atoms with Gasteiger partial charge in [0.15, 0.2) is 0 Å². The van der Waals surface area contributed by atoms with Crippen molar-refractivity contribution >= 4 is 12.3 Å². The van der Waals surface area contributed by atoms with Crippen molar-refractivity contribution in [1.29, 1.82) is 0 Å². The highest BCUT2D eigenvalue weighted by atomic mass is 16.4. The third kappa shape index (κ3) is 8.68. The Bertz CT molecular complexity index is 166. The van der Waals surface area contributed by atoms with Crippen molar-refractivity contribution in [2.75, 3.05) is 0 Å². The predicted molar refractivity (Wildman–Crippen MR) is 48.3 cm³/mol. The zero-order chi connectivity index (χ0) is 9.23. The second kappa shape index (κ2) is 7.78. The van der Waals surface area contributed by atoms with Gasteiger partial charge in [0.1, 0.15) is 0 Å². The minimum Gasteiger partial charge on any atom is -0.464 e. The molecule has 4 heteroatoms. The summed E-state index contributed by atoms with van der Waals surface area (Å²) < 4.78 is 0. The topological polar surface area (TPSA) is 61.7 Å². The van der Waals surface area contributed by atoms with Gasteiger partial charge < -0.3 is 5.11 Å². The highest BCUT2D eigenvalue weighted by Crippen LogP contribution is 1.97. The number of nitrogens with one attached hydrogen (secondary N) is 1. The van der Waals surface area contributed by atoms with Crippen LogP contribution in [0.4, 0.5) is 4.79 Å². The molecule has 12 heavy (non-hydrogen) atoms. The van der Waals surface area contributed by atoms with Crippen molar-refractivity contribution in [3.8, 4) is 0 Å². The molecule has 0 rings (SSSR count). The third-order valence-corrected chi connectivity index (χ3v) is 1.24. The molecule has 0 radical (unpaired) electrons. The molecule has 0 fully saturated rings. The third-order valence-electron chi connectivity index (χ3n) is 1.24. The predicted octanol–water partition coefficient (Wildman–Crippen LogP) is 1.99. The van der Waals surface area contributed by atoms with E-state index in [0.29, 0.717) is 0 Å². The molecule has 2 N–H and O–H groups in total. The van der Waals surface area contributed by atoms with Crippen LogP contribution in [0.5, 0.6) is 0 Å². The zero-order valence-electron chi connectivity index (χ0n) is 6.99. The number of rotatable bonds is 6. The molecule has 0 saturated heterocycles. The van der Waals surface area contributed by atoms with E-state index < -0.39 is 6.09 Å². The molecule has 0 heterocycles. The molecule has 0 aromatic rings. The van der Waals surface area contributed by atoms with E-state index in [1.54, 1.807) is 6.21 Å². The molecule has 0 bridgehead atoms. The monoisotopic (exact) mass is 170 g/mol. The lowest BCUT2D eigenvalue weighted by Crippen LogP contribution is -2.13. The number of nitrogens with zero attached hydrogens (tertiary/aromatic N) is 1. The first kappa shape index (κ1) is 10.7. The van der Waals surface area contributed by atoms with Crippen LogP contribution in [0, 0.1) is 0 Å². The van der Waals surface area contributed by atoms with Crippen LogP contribution in [-0.4, -0.2) is 17.4 Å². The standard InChI is InChI=1S/C8H14N2O2/c1-2-3-4-5-6-7-9-10-8(11)12/h2,7,10H,1,3-6H2,(H,11,12)/b9-7+. The molecule has 0 aromatic carbocycles. The average Bonchev–Trinajstić information content (AvgIpc) is 2.02. The van der Waals surface area contributed by atoms with Gasteiger partial charge in [0, 0.05) is 6.21 Å². The number of unbranched alkanes of at least 4 members (excludes halogenated alkanes) is 3. The first-order valence-corrected chi connectivity index (χ1v) is 3.88. The molecule has 1 amide bonds. The summed E-state index contributed by atoms with van der Waals surface area (Å²) in [5.74, 6) is 0. The fourth-order valence-electron chi connectivity index (χ4n) is 0.690. The number of allylic oxidation sites excluding steroid dienone is 1. The van der Waals surface area contributed by atoms with Gasteiger partial charge in [-0.3, -0.25) is 0 Å². The summed E-state index contributed by atoms with van der Waals surface area (Å²) in [5, 5.41) is 11.6. The second-order valence-electron chi connectivity index (χ2n) is 2.30. The molecule has 0 atom stereocenters. The van der Waals surface area contributed by atoms with E-state index in [-0.39, 0.29) is 0 Å². The Hall–Kier alpha value is -1.32. The van der Waals surface area contributed by atoms with Crippen LogP contribution in [0.1, 0.15) is 25.7 Å². The van der Waals surface area contributed by atoms with Crippen LogP contribution in [0.2, 0.25) is 0 Å². The van der Waals surface area contributed by atoms with Crippen LogP contribution in [0.3, 0.4) is 0 Å². The Morgan fingerprint density at radius 2 is 2.17 bits per heavy atom. The van der Waals surface area contributed by atoms with Gasteiger partial charge >= 0.3 is 6.09 Å². The van der Waals surface area contributed by atoms with Gasteiger partial charge in [-0.15, -0.1) is 6.58 Å². The van der Waals surface area contributed by atoms with Gasteiger partial charge in [-0.2, -0.15) is 5.10 Å². The van der Waals surface area contributed by atoms with Crippen LogP contribution < -0.4 is 5.43 Å². The molecule has 0 aromatic heterocycles. The van der Waals surface area contributed by atoms with Gasteiger partial charge in [-0.05, 0) is 25.7 Å². The van der Waals surface area contributed by atoms with Crippen molar-refractivity contribution in [2.45, 2.75) is 25.7 Å². The lowest BCUT2D eigenvalue weighted by molar-refractivity contribution is 0.195. The Labute approximate surface area is 72.0 Å². The normalized spacial score (nSPS) is 10.0. The minimum atomic E-state index is -1.13. The molecule has 68 valence electrons. The molecule has 0 spiro atoms. The van der Waals surface area contributed by atoms with Crippen molar-refractivity contribution < 1.29 is 9.90 Å². The first-order chi connectivity index (χ1) is 5.77. The molecule has 0 aliphatic carbocycles. The first-order valence-electron chi connectivity index (χ1n) is 3.88. The quantitative estimate of drug-likeness (QED) is 0.277. The van der Waals surface area contributed by atoms with Crippen molar-refractivity contribution in [1.82, 2.24) is 5.43 Å². The number of amides is 1. The maximum atomic E-state index is 9.90. The molecular formula is C8H14N2O2. The van der Waals surface area contributed by atoms with Gasteiger partial charge in [-0.25, -0.2) is 10.2 Å². The Balaban J connectivity index is 3.13. The Morgan fingerprint density at radius 1 is 1.50 bits per heavy atom. The highest BCUT2D eigenvalue weighted by molar-refractivity contribution is 5.66. The fraction of sp³-hybridized carbons (Fsp3) is 0.500. The van der Waals surface area contributed by atoms with Gasteiger partial charge in [0.25, 0.3) is 0 Å². The fourth-order valence-corrected chi connectivity index (χ4v) is 0.690. The maximum absolute atomic E-state index is 9.90.